The van der Waals surface area contributed by atoms with Crippen molar-refractivity contribution in [3.8, 4) is 0 Å². The molecule has 0 unspecified atom stereocenters. The summed E-state index contributed by atoms with van der Waals surface area (Å²) in [6, 6.07) is 9.94. The summed E-state index contributed by atoms with van der Waals surface area (Å²) in [5, 5.41) is 0.798. The second kappa shape index (κ2) is 7.94. The number of esters is 1. The van der Waals surface area contributed by atoms with Crippen LogP contribution in [-0.4, -0.2) is 31.3 Å². The number of fused-ring (bicyclic) bond motifs is 1. The summed E-state index contributed by atoms with van der Waals surface area (Å²) in [7, 11) is 1.69. The van der Waals surface area contributed by atoms with Gasteiger partial charge >= 0.3 is 5.97 Å². The maximum Gasteiger partial charge on any atom is 0.331 e. The van der Waals surface area contributed by atoms with E-state index in [-0.39, 0.29) is 24.7 Å². The molecule has 7 heteroatoms. The molecule has 1 amide bonds. The zero-order valence-corrected chi connectivity index (χ0v) is 15.9. The Morgan fingerprint density at radius 2 is 1.93 bits per heavy atom. The van der Waals surface area contributed by atoms with Gasteiger partial charge in [-0.2, -0.15) is 0 Å². The Bertz CT molecular complexity index is 968. The number of hydrogen-bond donors (Lipinski definition) is 0. The van der Waals surface area contributed by atoms with Crippen LogP contribution in [0.25, 0.3) is 6.08 Å². The average molecular weight is 404 g/mol. The molecule has 0 aromatic heterocycles. The highest BCUT2D eigenvalue weighted by Crippen LogP contribution is 2.28. The lowest BCUT2D eigenvalue weighted by Crippen LogP contribution is -2.20. The minimum atomic E-state index is -0.648. The fourth-order valence-electron chi connectivity index (χ4n) is 2.69. The third-order valence-electron chi connectivity index (χ3n) is 4.18. The molecule has 0 saturated heterocycles. The predicted molar refractivity (Wildman–Crippen MR) is 104 cm³/mol. The molecule has 0 N–H and O–H groups in total. The first-order valence-electron chi connectivity index (χ1n) is 8.07. The molecule has 0 fully saturated rings. The Balaban J connectivity index is 1.58. The van der Waals surface area contributed by atoms with E-state index in [0.29, 0.717) is 21.2 Å². The largest absolute Gasteiger partial charge is 0.454 e. The normalized spacial score (nSPS) is 13.1. The van der Waals surface area contributed by atoms with Crippen LogP contribution in [0.4, 0.5) is 5.69 Å². The van der Waals surface area contributed by atoms with Crippen molar-refractivity contribution in [1.82, 2.24) is 0 Å². The molecule has 0 atom stereocenters. The van der Waals surface area contributed by atoms with E-state index in [1.807, 2.05) is 0 Å². The van der Waals surface area contributed by atoms with Crippen molar-refractivity contribution in [2.75, 3.05) is 18.6 Å². The van der Waals surface area contributed by atoms with Crippen LogP contribution in [-0.2, 0) is 20.7 Å². The van der Waals surface area contributed by atoms with Crippen molar-refractivity contribution in [2.45, 2.75) is 6.42 Å². The van der Waals surface area contributed by atoms with E-state index in [4.69, 9.17) is 27.9 Å². The van der Waals surface area contributed by atoms with E-state index in [9.17, 15) is 14.4 Å². The van der Waals surface area contributed by atoms with Crippen molar-refractivity contribution >= 4 is 52.6 Å². The topological polar surface area (TPSA) is 63.7 Å². The van der Waals surface area contributed by atoms with Crippen LogP contribution >= 0.6 is 23.2 Å². The summed E-state index contributed by atoms with van der Waals surface area (Å²) < 4.78 is 4.98. The van der Waals surface area contributed by atoms with Crippen LogP contribution < -0.4 is 4.90 Å². The Kier molecular flexibility index (Phi) is 5.63. The number of carbonyl (C=O) groups excluding carboxylic acids is 3. The Morgan fingerprint density at radius 3 is 2.67 bits per heavy atom. The summed E-state index contributed by atoms with van der Waals surface area (Å²) in [4.78, 5) is 37.3. The van der Waals surface area contributed by atoms with Gasteiger partial charge in [-0.05, 0) is 47.5 Å². The molecule has 1 aliphatic heterocycles. The lowest BCUT2D eigenvalue weighted by atomic mass is 10.1. The zero-order chi connectivity index (χ0) is 19.6. The predicted octanol–water partition coefficient (Wildman–Crippen LogP) is 3.95. The molecule has 1 heterocycles. The lowest BCUT2D eigenvalue weighted by molar-refractivity contribution is -0.136. The van der Waals surface area contributed by atoms with Crippen LogP contribution in [0, 0.1) is 0 Å². The summed E-state index contributed by atoms with van der Waals surface area (Å²) in [5.74, 6) is -1.00. The van der Waals surface area contributed by atoms with Crippen molar-refractivity contribution in [1.29, 1.82) is 0 Å². The van der Waals surface area contributed by atoms with Gasteiger partial charge in [0.05, 0.1) is 16.5 Å². The number of nitrogens with zero attached hydrogens (tertiary/aromatic N) is 1. The SMILES string of the molecule is CN1C(=O)Cc2cc(C(=O)COC(=O)/C=C/c3ccc(Cl)c(Cl)c3)ccc21. The Hall–Kier alpha value is -2.63. The molecule has 2 aromatic rings. The molecule has 1 aliphatic rings. The molecule has 0 saturated carbocycles. The van der Waals surface area contributed by atoms with E-state index in [0.717, 1.165) is 11.3 Å². The number of likely N-dealkylation sites (N-methyl/N-ethyl adjacent to an activating group) is 1. The molecule has 0 spiro atoms. The maximum absolute atomic E-state index is 12.2. The number of ketones is 1. The number of ether oxygens (including phenoxy) is 1. The maximum atomic E-state index is 12.2. The minimum Gasteiger partial charge on any atom is -0.454 e. The minimum absolute atomic E-state index is 0.0199. The van der Waals surface area contributed by atoms with E-state index in [2.05, 4.69) is 0 Å². The number of carbonyl (C=O) groups is 3. The molecule has 2 aromatic carbocycles. The van der Waals surface area contributed by atoms with Gasteiger partial charge in [0.25, 0.3) is 0 Å². The number of amides is 1. The fraction of sp³-hybridized carbons (Fsp3) is 0.150. The fourth-order valence-corrected chi connectivity index (χ4v) is 3.00. The summed E-state index contributed by atoms with van der Waals surface area (Å²) in [6.07, 6.45) is 2.99. The van der Waals surface area contributed by atoms with Gasteiger partial charge < -0.3 is 9.64 Å². The number of halogens is 2. The third-order valence-corrected chi connectivity index (χ3v) is 4.92. The van der Waals surface area contributed by atoms with Crippen molar-refractivity contribution in [3.63, 3.8) is 0 Å². The summed E-state index contributed by atoms with van der Waals surface area (Å²) in [6.45, 7) is -0.382. The van der Waals surface area contributed by atoms with Gasteiger partial charge in [0, 0.05) is 24.4 Å². The van der Waals surface area contributed by atoms with Gasteiger partial charge in [-0.15, -0.1) is 0 Å². The van der Waals surface area contributed by atoms with Crippen LogP contribution in [0.2, 0.25) is 10.0 Å². The number of hydrogen-bond acceptors (Lipinski definition) is 4. The van der Waals surface area contributed by atoms with E-state index in [1.165, 1.54) is 12.2 Å². The monoisotopic (exact) mass is 403 g/mol. The van der Waals surface area contributed by atoms with Crippen LogP contribution in [0.3, 0.4) is 0 Å². The zero-order valence-electron chi connectivity index (χ0n) is 14.4. The van der Waals surface area contributed by atoms with E-state index >= 15 is 0 Å². The Morgan fingerprint density at radius 1 is 1.15 bits per heavy atom. The molecule has 27 heavy (non-hydrogen) atoms. The first-order chi connectivity index (χ1) is 12.8. The lowest BCUT2D eigenvalue weighted by Gasteiger charge is -2.10. The van der Waals surface area contributed by atoms with Crippen LogP contribution in [0.5, 0.6) is 0 Å². The third kappa shape index (κ3) is 4.38. The van der Waals surface area contributed by atoms with Crippen molar-refractivity contribution in [3.05, 3.63) is 69.2 Å². The van der Waals surface area contributed by atoms with E-state index in [1.54, 1.807) is 48.3 Å². The second-order valence-electron chi connectivity index (χ2n) is 6.01. The van der Waals surface area contributed by atoms with Crippen LogP contribution in [0.15, 0.2) is 42.5 Å². The van der Waals surface area contributed by atoms with Crippen molar-refractivity contribution < 1.29 is 19.1 Å². The highest BCUT2D eigenvalue weighted by molar-refractivity contribution is 6.42. The molecule has 5 nitrogen and oxygen atoms in total. The molecule has 3 rings (SSSR count). The second-order valence-corrected chi connectivity index (χ2v) is 6.83. The Labute approximate surface area is 166 Å². The van der Waals surface area contributed by atoms with Gasteiger partial charge in [0.1, 0.15) is 0 Å². The van der Waals surface area contributed by atoms with Gasteiger partial charge in [0.2, 0.25) is 5.91 Å². The van der Waals surface area contributed by atoms with Gasteiger partial charge in [-0.1, -0.05) is 29.3 Å². The smallest absolute Gasteiger partial charge is 0.331 e. The highest BCUT2D eigenvalue weighted by atomic mass is 35.5. The summed E-state index contributed by atoms with van der Waals surface area (Å²) >= 11 is 11.7. The van der Waals surface area contributed by atoms with E-state index < -0.39 is 5.97 Å². The molecule has 138 valence electrons. The highest BCUT2D eigenvalue weighted by Gasteiger charge is 2.24. The van der Waals surface area contributed by atoms with Gasteiger partial charge in [0.15, 0.2) is 12.4 Å². The number of rotatable bonds is 5. The molecule has 0 bridgehead atoms. The molecular weight excluding hydrogens is 389 g/mol. The van der Waals surface area contributed by atoms with Gasteiger partial charge in [-0.25, -0.2) is 4.79 Å². The molecular formula is C20H15Cl2NO4. The number of Topliss-reactive ketones (excluding diaryl/α,β-unsaturated/α-hetero) is 1. The molecule has 0 aliphatic carbocycles. The first-order valence-corrected chi connectivity index (χ1v) is 8.83. The van der Waals surface area contributed by atoms with Crippen molar-refractivity contribution in [2.24, 2.45) is 0 Å². The average Bonchev–Trinajstić information content (AvgIpc) is 2.94. The first kappa shape index (κ1) is 19.1. The van der Waals surface area contributed by atoms with Gasteiger partial charge in [-0.3, -0.25) is 9.59 Å². The van der Waals surface area contributed by atoms with Crippen LogP contribution in [0.1, 0.15) is 21.5 Å². The number of anilines is 1. The number of benzene rings is 2. The molecule has 0 radical (unpaired) electrons. The quantitative estimate of drug-likeness (QED) is 0.430. The summed E-state index contributed by atoms with van der Waals surface area (Å²) in [5.41, 5.74) is 2.66. The standard InChI is InChI=1S/C20H15Cl2NO4/c1-23-17-6-4-13(9-14(17)10-19(23)25)18(24)11-27-20(26)7-3-12-2-5-15(21)16(22)8-12/h2-9H,10-11H2,1H3/b7-3+.